The van der Waals surface area contributed by atoms with Gasteiger partial charge in [0.05, 0.1) is 41.7 Å². The first-order valence-corrected chi connectivity index (χ1v) is 9.48. The quantitative estimate of drug-likeness (QED) is 0.538. The SMILES string of the molecule is CCOc1cc(-c2cc(C)c3c(O)n(-c4cnn(C)c4)cc3n2)cnc1OCC. The van der Waals surface area contributed by atoms with Gasteiger partial charge in [-0.15, -0.1) is 0 Å². The van der Waals surface area contributed by atoms with E-state index in [0.29, 0.717) is 35.7 Å². The van der Waals surface area contributed by atoms with Crippen molar-refractivity contribution in [2.24, 2.45) is 7.05 Å². The van der Waals surface area contributed by atoms with Crippen LogP contribution in [0.1, 0.15) is 19.4 Å². The van der Waals surface area contributed by atoms with Gasteiger partial charge in [-0.3, -0.25) is 9.25 Å². The minimum Gasteiger partial charge on any atom is -0.494 e. The van der Waals surface area contributed by atoms with E-state index < -0.39 is 0 Å². The molecule has 0 aliphatic rings. The molecule has 29 heavy (non-hydrogen) atoms. The molecule has 150 valence electrons. The largest absolute Gasteiger partial charge is 0.494 e. The van der Waals surface area contributed by atoms with Gasteiger partial charge in [-0.25, -0.2) is 9.97 Å². The number of hydrogen-bond acceptors (Lipinski definition) is 6. The average Bonchev–Trinajstić information content (AvgIpc) is 3.27. The summed E-state index contributed by atoms with van der Waals surface area (Å²) in [6, 6.07) is 3.82. The number of nitrogens with zero attached hydrogens (tertiary/aromatic N) is 5. The van der Waals surface area contributed by atoms with Crippen molar-refractivity contribution in [3.05, 3.63) is 42.5 Å². The third-order valence-electron chi connectivity index (χ3n) is 4.61. The fourth-order valence-corrected chi connectivity index (χ4v) is 3.34. The maximum absolute atomic E-state index is 10.7. The minimum atomic E-state index is 0.143. The summed E-state index contributed by atoms with van der Waals surface area (Å²) < 4.78 is 14.6. The Morgan fingerprint density at radius 3 is 2.55 bits per heavy atom. The van der Waals surface area contributed by atoms with Crippen LogP contribution in [0.15, 0.2) is 36.9 Å². The van der Waals surface area contributed by atoms with Gasteiger partial charge in [-0.05, 0) is 38.5 Å². The Bertz CT molecular complexity index is 1180. The van der Waals surface area contributed by atoms with Gasteiger partial charge in [-0.1, -0.05) is 0 Å². The van der Waals surface area contributed by atoms with Crippen LogP contribution in [0.2, 0.25) is 0 Å². The predicted octanol–water partition coefficient (Wildman–Crippen LogP) is 3.63. The lowest BCUT2D eigenvalue weighted by atomic mass is 10.1. The molecule has 4 rings (SSSR count). The molecule has 4 aromatic heterocycles. The first-order chi connectivity index (χ1) is 14.0. The first kappa shape index (κ1) is 18.8. The second-order valence-corrected chi connectivity index (χ2v) is 6.67. The monoisotopic (exact) mass is 393 g/mol. The van der Waals surface area contributed by atoms with E-state index in [1.165, 1.54) is 0 Å². The molecule has 0 fully saturated rings. The summed E-state index contributed by atoms with van der Waals surface area (Å²) in [4.78, 5) is 9.15. The first-order valence-electron chi connectivity index (χ1n) is 9.48. The Morgan fingerprint density at radius 2 is 1.86 bits per heavy atom. The van der Waals surface area contributed by atoms with E-state index in [2.05, 4.69) is 10.1 Å². The summed E-state index contributed by atoms with van der Waals surface area (Å²) in [6.45, 7) is 6.80. The molecule has 8 nitrogen and oxygen atoms in total. The van der Waals surface area contributed by atoms with Gasteiger partial charge in [0, 0.05) is 31.2 Å². The predicted molar refractivity (Wildman–Crippen MR) is 110 cm³/mol. The second-order valence-electron chi connectivity index (χ2n) is 6.67. The van der Waals surface area contributed by atoms with Gasteiger partial charge in [0.25, 0.3) is 5.88 Å². The normalized spacial score (nSPS) is 11.2. The van der Waals surface area contributed by atoms with Crippen molar-refractivity contribution in [3.8, 4) is 34.5 Å². The number of fused-ring (bicyclic) bond motifs is 1. The van der Waals surface area contributed by atoms with E-state index in [1.807, 2.05) is 52.3 Å². The zero-order valence-corrected chi connectivity index (χ0v) is 16.9. The van der Waals surface area contributed by atoms with Gasteiger partial charge in [0.1, 0.15) is 0 Å². The van der Waals surface area contributed by atoms with Gasteiger partial charge >= 0.3 is 0 Å². The average molecular weight is 393 g/mol. The van der Waals surface area contributed by atoms with Crippen molar-refractivity contribution in [2.45, 2.75) is 20.8 Å². The molecule has 0 aromatic carbocycles. The fraction of sp³-hybridized carbons (Fsp3) is 0.286. The molecule has 1 N–H and O–H groups in total. The van der Waals surface area contributed by atoms with Crippen LogP contribution in [0.4, 0.5) is 0 Å². The molecular formula is C21H23N5O3. The van der Waals surface area contributed by atoms with E-state index in [9.17, 15) is 5.11 Å². The summed E-state index contributed by atoms with van der Waals surface area (Å²) in [5.41, 5.74) is 3.93. The van der Waals surface area contributed by atoms with E-state index in [1.54, 1.807) is 21.6 Å². The number of hydrogen-bond donors (Lipinski definition) is 1. The molecule has 0 atom stereocenters. The molecule has 0 saturated carbocycles. The van der Waals surface area contributed by atoms with Crippen molar-refractivity contribution < 1.29 is 14.6 Å². The molecule has 8 heteroatoms. The Kier molecular flexibility index (Phi) is 4.84. The summed E-state index contributed by atoms with van der Waals surface area (Å²) in [6.07, 6.45) is 7.06. The van der Waals surface area contributed by atoms with Crippen molar-refractivity contribution >= 4 is 10.9 Å². The second kappa shape index (κ2) is 7.46. The Morgan fingerprint density at radius 1 is 1.07 bits per heavy atom. The molecule has 0 amide bonds. The van der Waals surface area contributed by atoms with Crippen molar-refractivity contribution in [1.82, 2.24) is 24.3 Å². The third-order valence-corrected chi connectivity index (χ3v) is 4.61. The molecule has 4 heterocycles. The number of aromatic hydroxyl groups is 1. The minimum absolute atomic E-state index is 0.143. The zero-order chi connectivity index (χ0) is 20.5. The lowest BCUT2D eigenvalue weighted by molar-refractivity contribution is 0.278. The van der Waals surface area contributed by atoms with Crippen molar-refractivity contribution in [3.63, 3.8) is 0 Å². The smallest absolute Gasteiger partial charge is 0.257 e. The van der Waals surface area contributed by atoms with Crippen LogP contribution in [0.3, 0.4) is 0 Å². The molecule has 0 aliphatic heterocycles. The maximum atomic E-state index is 10.7. The lowest BCUT2D eigenvalue weighted by Crippen LogP contribution is -2.01. The van der Waals surface area contributed by atoms with Gasteiger partial charge in [0.2, 0.25) is 5.88 Å². The van der Waals surface area contributed by atoms with Crippen LogP contribution < -0.4 is 9.47 Å². The number of rotatable bonds is 6. The molecule has 0 unspecified atom stereocenters. The van der Waals surface area contributed by atoms with E-state index in [0.717, 1.165) is 22.5 Å². The Hall–Kier alpha value is -3.55. The zero-order valence-electron chi connectivity index (χ0n) is 16.9. The van der Waals surface area contributed by atoms with Crippen LogP contribution in [0.5, 0.6) is 17.5 Å². The van der Waals surface area contributed by atoms with Crippen LogP contribution in [-0.4, -0.2) is 42.6 Å². The Balaban J connectivity index is 1.82. The van der Waals surface area contributed by atoms with Crippen LogP contribution in [0.25, 0.3) is 27.8 Å². The fourth-order valence-electron chi connectivity index (χ4n) is 3.34. The highest BCUT2D eigenvalue weighted by Crippen LogP contribution is 2.35. The summed E-state index contributed by atoms with van der Waals surface area (Å²) >= 11 is 0. The molecule has 0 spiro atoms. The molecule has 0 radical (unpaired) electrons. The lowest BCUT2D eigenvalue weighted by Gasteiger charge is -2.11. The number of ether oxygens (including phenoxy) is 2. The van der Waals surface area contributed by atoms with Gasteiger partial charge in [-0.2, -0.15) is 5.10 Å². The summed E-state index contributed by atoms with van der Waals surface area (Å²) in [5.74, 6) is 1.20. The van der Waals surface area contributed by atoms with Gasteiger partial charge < -0.3 is 14.6 Å². The van der Waals surface area contributed by atoms with E-state index in [-0.39, 0.29) is 5.88 Å². The van der Waals surface area contributed by atoms with Crippen LogP contribution >= 0.6 is 0 Å². The Labute approximate surface area is 168 Å². The highest BCUT2D eigenvalue weighted by molar-refractivity contribution is 5.90. The third kappa shape index (κ3) is 3.37. The van der Waals surface area contributed by atoms with Gasteiger partial charge in [0.15, 0.2) is 5.75 Å². The number of aryl methyl sites for hydroxylation is 2. The molecule has 0 aliphatic carbocycles. The standard InChI is InChI=1S/C21H23N5O3/c1-5-28-18-8-14(9-22-20(18)29-6-2)16-7-13(3)19-17(24-16)12-26(21(19)27)15-10-23-25(4)11-15/h7-12,27H,5-6H2,1-4H3. The van der Waals surface area contributed by atoms with Crippen LogP contribution in [-0.2, 0) is 7.05 Å². The molecular weight excluding hydrogens is 370 g/mol. The van der Waals surface area contributed by atoms with Crippen LogP contribution in [0, 0.1) is 6.92 Å². The summed E-state index contributed by atoms with van der Waals surface area (Å²) in [7, 11) is 1.83. The molecule has 0 bridgehead atoms. The maximum Gasteiger partial charge on any atom is 0.257 e. The topological polar surface area (TPSA) is 87.2 Å². The number of pyridine rings is 2. The molecule has 0 saturated heterocycles. The van der Waals surface area contributed by atoms with Crippen molar-refractivity contribution in [1.29, 1.82) is 0 Å². The van der Waals surface area contributed by atoms with E-state index >= 15 is 0 Å². The summed E-state index contributed by atoms with van der Waals surface area (Å²) in [5, 5.41) is 15.6. The van der Waals surface area contributed by atoms with E-state index in [4.69, 9.17) is 14.5 Å². The highest BCUT2D eigenvalue weighted by Gasteiger charge is 2.17. The number of aromatic nitrogens is 5. The molecule has 4 aromatic rings. The highest BCUT2D eigenvalue weighted by atomic mass is 16.5. The van der Waals surface area contributed by atoms with Crippen molar-refractivity contribution in [2.75, 3.05) is 13.2 Å².